The quantitative estimate of drug-likeness (QED) is 0.757. The van der Waals surface area contributed by atoms with Gasteiger partial charge in [0, 0.05) is 13.6 Å². The number of rotatable bonds is 6. The van der Waals surface area contributed by atoms with E-state index in [1.807, 2.05) is 0 Å². The van der Waals surface area contributed by atoms with E-state index in [0.29, 0.717) is 0 Å². The van der Waals surface area contributed by atoms with Crippen LogP contribution in [0.4, 0.5) is 0 Å². The van der Waals surface area contributed by atoms with Crippen LogP contribution >= 0.6 is 0 Å². The summed E-state index contributed by atoms with van der Waals surface area (Å²) in [7, 11) is -1.62. The fraction of sp³-hybridized carbons (Fsp3) is 0.455. The van der Waals surface area contributed by atoms with Gasteiger partial charge in [0.25, 0.3) is 10.0 Å². The number of ether oxygens (including phenoxy) is 1. The van der Waals surface area contributed by atoms with Crippen molar-refractivity contribution in [1.29, 1.82) is 0 Å². The summed E-state index contributed by atoms with van der Waals surface area (Å²) in [5, 5.41) is 8.32. The molecule has 1 rings (SSSR count). The van der Waals surface area contributed by atoms with Crippen molar-refractivity contribution in [3.8, 4) is 0 Å². The summed E-state index contributed by atoms with van der Waals surface area (Å²) in [5.41, 5.74) is 0. The molecule has 1 N–H and O–H groups in total. The van der Waals surface area contributed by atoms with Gasteiger partial charge in [-0.05, 0) is 12.1 Å². The van der Waals surface area contributed by atoms with E-state index in [-0.39, 0.29) is 12.3 Å². The molecule has 0 aliphatic rings. The first-order valence-corrected chi connectivity index (χ1v) is 7.01. The molecule has 0 bridgehead atoms. The molecule has 9 heteroatoms. The first-order chi connectivity index (χ1) is 9.20. The summed E-state index contributed by atoms with van der Waals surface area (Å²) in [6.45, 7) is 1.17. The summed E-state index contributed by atoms with van der Waals surface area (Å²) in [6, 6.07) is 2.29. The van der Waals surface area contributed by atoms with Gasteiger partial charge in [0.05, 0.1) is 13.0 Å². The van der Waals surface area contributed by atoms with Crippen molar-refractivity contribution in [3.63, 3.8) is 0 Å². The van der Waals surface area contributed by atoms with Crippen LogP contribution in [0.1, 0.15) is 17.5 Å². The van der Waals surface area contributed by atoms with Crippen molar-refractivity contribution in [2.24, 2.45) is 5.92 Å². The monoisotopic (exact) mass is 305 g/mol. The second-order valence-corrected chi connectivity index (χ2v) is 6.11. The van der Waals surface area contributed by atoms with E-state index in [0.717, 1.165) is 17.5 Å². The standard InChI is InChI=1S/C11H15NO7S/c1-7(10(13)14)6-12(2)20(16,17)9-5-4-8(19-9)11(15)18-3/h4-5,7H,6H2,1-3H3,(H,13,14). The zero-order valence-corrected chi connectivity index (χ0v) is 12.0. The van der Waals surface area contributed by atoms with E-state index < -0.39 is 33.0 Å². The van der Waals surface area contributed by atoms with E-state index >= 15 is 0 Å². The molecule has 0 saturated heterocycles. The first-order valence-electron chi connectivity index (χ1n) is 5.57. The van der Waals surface area contributed by atoms with Gasteiger partial charge in [0.2, 0.25) is 10.9 Å². The number of methoxy groups -OCH3 is 1. The Morgan fingerprint density at radius 1 is 1.45 bits per heavy atom. The van der Waals surface area contributed by atoms with Crippen molar-refractivity contribution in [1.82, 2.24) is 4.31 Å². The molecule has 0 radical (unpaired) electrons. The normalized spacial score (nSPS) is 13.2. The van der Waals surface area contributed by atoms with Gasteiger partial charge in [0.15, 0.2) is 0 Å². The summed E-state index contributed by atoms with van der Waals surface area (Å²) in [5.74, 6) is -3.02. The minimum atomic E-state index is -3.99. The van der Waals surface area contributed by atoms with Gasteiger partial charge in [-0.15, -0.1) is 0 Å². The molecule has 1 aromatic heterocycles. The number of carboxylic acid groups (broad SMARTS) is 1. The minimum Gasteiger partial charge on any atom is -0.481 e. The Balaban J connectivity index is 2.96. The number of esters is 1. The lowest BCUT2D eigenvalue weighted by Crippen LogP contribution is -2.33. The molecule has 1 atom stereocenters. The third-order valence-electron chi connectivity index (χ3n) is 2.59. The number of hydrogen-bond donors (Lipinski definition) is 1. The number of carbonyl (C=O) groups excluding carboxylic acids is 1. The highest BCUT2D eigenvalue weighted by Crippen LogP contribution is 2.19. The highest BCUT2D eigenvalue weighted by atomic mass is 32.2. The van der Waals surface area contributed by atoms with Gasteiger partial charge in [-0.1, -0.05) is 6.92 Å². The van der Waals surface area contributed by atoms with Gasteiger partial charge in [-0.3, -0.25) is 4.79 Å². The van der Waals surface area contributed by atoms with Crippen LogP contribution < -0.4 is 0 Å². The molecule has 0 fully saturated rings. The predicted molar refractivity (Wildman–Crippen MR) is 66.7 cm³/mol. The second kappa shape index (κ2) is 6.06. The largest absolute Gasteiger partial charge is 0.481 e. The number of sulfonamides is 1. The predicted octanol–water partition coefficient (Wildman–Crippen LogP) is 0.407. The first kappa shape index (κ1) is 16.2. The molecular formula is C11H15NO7S. The molecule has 1 heterocycles. The SMILES string of the molecule is COC(=O)c1ccc(S(=O)(=O)N(C)CC(C)C(=O)O)o1. The van der Waals surface area contributed by atoms with Gasteiger partial charge in [0.1, 0.15) is 0 Å². The Kier molecular flexibility index (Phi) is 4.90. The maximum atomic E-state index is 12.1. The number of furan rings is 1. The van der Waals surface area contributed by atoms with Crippen LogP contribution in [-0.2, 0) is 19.6 Å². The lowest BCUT2D eigenvalue weighted by molar-refractivity contribution is -0.141. The van der Waals surface area contributed by atoms with Crippen molar-refractivity contribution in [2.45, 2.75) is 12.0 Å². The van der Waals surface area contributed by atoms with Gasteiger partial charge in [-0.2, -0.15) is 4.31 Å². The average Bonchev–Trinajstić information content (AvgIpc) is 2.87. The lowest BCUT2D eigenvalue weighted by atomic mass is 10.2. The van der Waals surface area contributed by atoms with Crippen molar-refractivity contribution in [2.75, 3.05) is 20.7 Å². The van der Waals surface area contributed by atoms with E-state index in [4.69, 9.17) is 9.52 Å². The maximum absolute atomic E-state index is 12.1. The Labute approximate surface area is 116 Å². The molecule has 8 nitrogen and oxygen atoms in total. The Bertz CT molecular complexity index is 604. The number of carbonyl (C=O) groups is 2. The molecule has 0 spiro atoms. The summed E-state index contributed by atoms with van der Waals surface area (Å²) < 4.78 is 34.4. The van der Waals surface area contributed by atoms with E-state index in [1.54, 1.807) is 0 Å². The molecule has 0 aliphatic heterocycles. The molecule has 0 aliphatic carbocycles. The van der Waals surface area contributed by atoms with E-state index in [2.05, 4.69) is 4.74 Å². The molecule has 0 saturated carbocycles. The van der Waals surface area contributed by atoms with Crippen molar-refractivity contribution in [3.05, 3.63) is 17.9 Å². The number of nitrogens with zero attached hydrogens (tertiary/aromatic N) is 1. The van der Waals surface area contributed by atoms with E-state index in [1.165, 1.54) is 20.0 Å². The highest BCUT2D eigenvalue weighted by Gasteiger charge is 2.28. The van der Waals surface area contributed by atoms with Gasteiger partial charge < -0.3 is 14.3 Å². The van der Waals surface area contributed by atoms with Crippen molar-refractivity contribution < 1.29 is 32.3 Å². The molecule has 20 heavy (non-hydrogen) atoms. The number of aliphatic carboxylic acids is 1. The van der Waals surface area contributed by atoms with Crippen LogP contribution in [0.5, 0.6) is 0 Å². The van der Waals surface area contributed by atoms with Gasteiger partial charge >= 0.3 is 11.9 Å². The third-order valence-corrected chi connectivity index (χ3v) is 4.28. The highest BCUT2D eigenvalue weighted by molar-refractivity contribution is 7.89. The fourth-order valence-corrected chi connectivity index (χ4v) is 2.55. The molecular weight excluding hydrogens is 290 g/mol. The molecule has 112 valence electrons. The Morgan fingerprint density at radius 2 is 2.05 bits per heavy atom. The van der Waals surface area contributed by atoms with Crippen LogP contribution in [0.3, 0.4) is 0 Å². The zero-order chi connectivity index (χ0) is 15.5. The number of carboxylic acids is 1. The maximum Gasteiger partial charge on any atom is 0.374 e. The molecule has 0 amide bonds. The van der Waals surface area contributed by atoms with Crippen LogP contribution in [-0.4, -0.2) is 50.5 Å². The average molecular weight is 305 g/mol. The topological polar surface area (TPSA) is 114 Å². The Morgan fingerprint density at radius 3 is 2.55 bits per heavy atom. The number of hydrogen-bond acceptors (Lipinski definition) is 6. The smallest absolute Gasteiger partial charge is 0.374 e. The zero-order valence-electron chi connectivity index (χ0n) is 11.2. The van der Waals surface area contributed by atoms with Crippen LogP contribution in [0.2, 0.25) is 0 Å². The lowest BCUT2D eigenvalue weighted by Gasteiger charge is -2.17. The van der Waals surface area contributed by atoms with Crippen LogP contribution in [0, 0.1) is 5.92 Å². The summed E-state index contributed by atoms with van der Waals surface area (Å²) in [4.78, 5) is 21.9. The van der Waals surface area contributed by atoms with Crippen LogP contribution in [0.15, 0.2) is 21.6 Å². The second-order valence-electron chi connectivity index (χ2n) is 4.14. The third kappa shape index (κ3) is 3.36. The summed E-state index contributed by atoms with van der Waals surface area (Å²) in [6.07, 6.45) is 0. The van der Waals surface area contributed by atoms with E-state index in [9.17, 15) is 18.0 Å². The van der Waals surface area contributed by atoms with Gasteiger partial charge in [-0.25, -0.2) is 13.2 Å². The minimum absolute atomic E-state index is 0.216. The molecule has 1 unspecified atom stereocenters. The fourth-order valence-electron chi connectivity index (χ4n) is 1.38. The van der Waals surface area contributed by atoms with Crippen LogP contribution in [0.25, 0.3) is 0 Å². The Hall–Kier alpha value is -1.87. The molecule has 1 aromatic rings. The van der Waals surface area contributed by atoms with Crippen molar-refractivity contribution >= 4 is 22.0 Å². The summed E-state index contributed by atoms with van der Waals surface area (Å²) >= 11 is 0. The molecule has 0 aromatic carbocycles.